The van der Waals surface area contributed by atoms with Gasteiger partial charge in [-0.1, -0.05) is 20.3 Å². The Labute approximate surface area is 123 Å². The van der Waals surface area contributed by atoms with Gasteiger partial charge in [0.15, 0.2) is 0 Å². The monoisotopic (exact) mass is 282 g/mol. The number of hydrogen-bond acceptors (Lipinski definition) is 3. The first-order valence-corrected chi connectivity index (χ1v) is 8.10. The Balaban J connectivity index is 2.07. The predicted molar refractivity (Wildman–Crippen MR) is 80.7 cm³/mol. The lowest BCUT2D eigenvalue weighted by molar-refractivity contribution is -0.161. The van der Waals surface area contributed by atoms with Crippen LogP contribution in [0.25, 0.3) is 0 Å². The van der Waals surface area contributed by atoms with Crippen LogP contribution in [0.1, 0.15) is 52.4 Å². The highest BCUT2D eigenvalue weighted by Gasteiger charge is 2.44. The van der Waals surface area contributed by atoms with Crippen molar-refractivity contribution < 1.29 is 9.53 Å². The molecule has 1 amide bonds. The maximum atomic E-state index is 13.0. The number of carbonyl (C=O) groups excluding carboxylic acids is 1. The highest BCUT2D eigenvalue weighted by molar-refractivity contribution is 5.85. The lowest BCUT2D eigenvalue weighted by Gasteiger charge is -2.45. The molecular formula is C16H30N2O2. The Bertz CT molecular complexity index is 335. The van der Waals surface area contributed by atoms with Gasteiger partial charge in [0.25, 0.3) is 5.91 Å². The van der Waals surface area contributed by atoms with Crippen LogP contribution < -0.4 is 5.32 Å². The highest BCUT2D eigenvalue weighted by Crippen LogP contribution is 2.36. The third-order valence-electron chi connectivity index (χ3n) is 5.11. The first kappa shape index (κ1) is 15.8. The number of carbonyl (C=O) groups is 1. The number of ether oxygens (including phenoxy) is 1. The van der Waals surface area contributed by atoms with E-state index in [0.29, 0.717) is 5.41 Å². The largest absolute Gasteiger partial charge is 0.368 e. The lowest BCUT2D eigenvalue weighted by Crippen LogP contribution is -2.58. The van der Waals surface area contributed by atoms with Gasteiger partial charge >= 0.3 is 0 Å². The number of amides is 1. The molecule has 0 aliphatic carbocycles. The number of likely N-dealkylation sites (tertiary alicyclic amines) is 1. The minimum atomic E-state index is -0.574. The van der Waals surface area contributed by atoms with Gasteiger partial charge in [-0.05, 0) is 50.6 Å². The molecular weight excluding hydrogens is 252 g/mol. The van der Waals surface area contributed by atoms with Gasteiger partial charge in [-0.3, -0.25) is 4.79 Å². The average molecular weight is 282 g/mol. The maximum Gasteiger partial charge on any atom is 0.254 e. The minimum absolute atomic E-state index is 0.225. The third kappa shape index (κ3) is 3.17. The van der Waals surface area contributed by atoms with E-state index in [1.54, 1.807) is 7.11 Å². The van der Waals surface area contributed by atoms with E-state index < -0.39 is 5.60 Å². The van der Waals surface area contributed by atoms with E-state index in [1.807, 2.05) is 0 Å². The summed E-state index contributed by atoms with van der Waals surface area (Å²) in [6.07, 6.45) is 6.36. The Morgan fingerprint density at radius 3 is 2.60 bits per heavy atom. The molecule has 4 heteroatoms. The van der Waals surface area contributed by atoms with Gasteiger partial charge in [0.1, 0.15) is 5.60 Å². The van der Waals surface area contributed by atoms with Crippen molar-refractivity contribution in [3.8, 4) is 0 Å². The van der Waals surface area contributed by atoms with Crippen LogP contribution in [0.3, 0.4) is 0 Å². The minimum Gasteiger partial charge on any atom is -0.368 e. The van der Waals surface area contributed by atoms with Crippen molar-refractivity contribution in [3.05, 3.63) is 0 Å². The van der Waals surface area contributed by atoms with Gasteiger partial charge in [-0.15, -0.1) is 0 Å². The third-order valence-corrected chi connectivity index (χ3v) is 5.11. The summed E-state index contributed by atoms with van der Waals surface area (Å²) in [5.41, 5.74) is -0.278. The summed E-state index contributed by atoms with van der Waals surface area (Å²) in [6, 6.07) is 0. The van der Waals surface area contributed by atoms with E-state index in [-0.39, 0.29) is 5.91 Å². The van der Waals surface area contributed by atoms with Crippen LogP contribution in [0.15, 0.2) is 0 Å². The molecule has 4 nitrogen and oxygen atoms in total. The molecule has 2 aliphatic rings. The second-order valence-electron chi connectivity index (χ2n) is 6.84. The molecule has 0 spiro atoms. The lowest BCUT2D eigenvalue weighted by atomic mass is 9.77. The molecule has 2 fully saturated rings. The number of rotatable bonds is 4. The van der Waals surface area contributed by atoms with Crippen LogP contribution in [0.4, 0.5) is 0 Å². The number of hydrogen-bond donors (Lipinski definition) is 1. The Morgan fingerprint density at radius 2 is 2.00 bits per heavy atom. The summed E-state index contributed by atoms with van der Waals surface area (Å²) in [4.78, 5) is 15.0. The SMILES string of the molecule is CCCC1(C)CCCN(C(=O)C2(OC)CCNCC2)C1. The molecule has 0 aromatic heterocycles. The van der Waals surface area contributed by atoms with Gasteiger partial charge < -0.3 is 15.0 Å². The fraction of sp³-hybridized carbons (Fsp3) is 0.938. The van der Waals surface area contributed by atoms with Crippen LogP contribution in [-0.2, 0) is 9.53 Å². The first-order chi connectivity index (χ1) is 9.55. The van der Waals surface area contributed by atoms with Gasteiger partial charge in [0.2, 0.25) is 0 Å². The summed E-state index contributed by atoms with van der Waals surface area (Å²) in [5.74, 6) is 0.225. The molecule has 0 radical (unpaired) electrons. The number of methoxy groups -OCH3 is 1. The number of nitrogens with one attached hydrogen (secondary N) is 1. The van der Waals surface area contributed by atoms with Crippen molar-refractivity contribution in [2.75, 3.05) is 33.3 Å². The number of piperidine rings is 2. The molecule has 2 aliphatic heterocycles. The molecule has 116 valence electrons. The van der Waals surface area contributed by atoms with E-state index in [2.05, 4.69) is 24.1 Å². The molecule has 0 bridgehead atoms. The fourth-order valence-corrected chi connectivity index (χ4v) is 3.92. The van der Waals surface area contributed by atoms with Gasteiger partial charge in [-0.2, -0.15) is 0 Å². The molecule has 1 N–H and O–H groups in total. The molecule has 1 atom stereocenters. The summed E-state index contributed by atoms with van der Waals surface area (Å²) >= 11 is 0. The van der Waals surface area contributed by atoms with Crippen molar-refractivity contribution >= 4 is 5.91 Å². The van der Waals surface area contributed by atoms with Crippen molar-refractivity contribution in [1.29, 1.82) is 0 Å². The molecule has 2 rings (SSSR count). The van der Waals surface area contributed by atoms with Crippen LogP contribution >= 0.6 is 0 Å². The second-order valence-corrected chi connectivity index (χ2v) is 6.84. The van der Waals surface area contributed by atoms with Gasteiger partial charge in [-0.25, -0.2) is 0 Å². The Kier molecular flexibility index (Phi) is 5.08. The molecule has 2 saturated heterocycles. The molecule has 0 aromatic carbocycles. The predicted octanol–water partition coefficient (Wildman–Crippen LogP) is 2.18. The smallest absolute Gasteiger partial charge is 0.254 e. The molecule has 0 saturated carbocycles. The van der Waals surface area contributed by atoms with Crippen molar-refractivity contribution in [3.63, 3.8) is 0 Å². The van der Waals surface area contributed by atoms with E-state index >= 15 is 0 Å². The van der Waals surface area contributed by atoms with Gasteiger partial charge in [0.05, 0.1) is 0 Å². The van der Waals surface area contributed by atoms with Crippen molar-refractivity contribution in [2.24, 2.45) is 5.41 Å². The summed E-state index contributed by atoms with van der Waals surface area (Å²) in [7, 11) is 1.69. The zero-order chi connectivity index (χ0) is 14.6. The van der Waals surface area contributed by atoms with E-state index in [1.165, 1.54) is 19.3 Å². The summed E-state index contributed by atoms with van der Waals surface area (Å²) in [6.45, 7) is 8.11. The zero-order valence-corrected chi connectivity index (χ0v) is 13.3. The molecule has 0 aromatic rings. The molecule has 20 heavy (non-hydrogen) atoms. The van der Waals surface area contributed by atoms with Crippen LogP contribution in [0.2, 0.25) is 0 Å². The quantitative estimate of drug-likeness (QED) is 0.859. The van der Waals surface area contributed by atoms with Crippen molar-refractivity contribution in [2.45, 2.75) is 58.0 Å². The van der Waals surface area contributed by atoms with Gasteiger partial charge in [0, 0.05) is 20.2 Å². The average Bonchev–Trinajstić information content (AvgIpc) is 2.47. The van der Waals surface area contributed by atoms with Crippen LogP contribution in [-0.4, -0.2) is 49.7 Å². The maximum absolute atomic E-state index is 13.0. The van der Waals surface area contributed by atoms with E-state index in [9.17, 15) is 4.79 Å². The zero-order valence-electron chi connectivity index (χ0n) is 13.3. The van der Waals surface area contributed by atoms with Crippen molar-refractivity contribution in [1.82, 2.24) is 10.2 Å². The Morgan fingerprint density at radius 1 is 1.30 bits per heavy atom. The molecule has 2 heterocycles. The molecule has 1 unspecified atom stereocenters. The summed E-state index contributed by atoms with van der Waals surface area (Å²) in [5, 5.41) is 3.32. The van der Waals surface area contributed by atoms with E-state index in [4.69, 9.17) is 4.74 Å². The topological polar surface area (TPSA) is 41.6 Å². The fourth-order valence-electron chi connectivity index (χ4n) is 3.92. The van der Waals surface area contributed by atoms with E-state index in [0.717, 1.165) is 45.4 Å². The second kappa shape index (κ2) is 6.44. The summed E-state index contributed by atoms with van der Waals surface area (Å²) < 4.78 is 5.69. The standard InChI is InChI=1S/C16H30N2O2/c1-4-6-15(2)7-5-12-18(13-15)14(19)16(20-3)8-10-17-11-9-16/h17H,4-13H2,1-3H3. The number of nitrogens with zero attached hydrogens (tertiary/aromatic N) is 1. The van der Waals surface area contributed by atoms with Crippen LogP contribution in [0, 0.1) is 5.41 Å². The highest BCUT2D eigenvalue weighted by atomic mass is 16.5. The normalized spacial score (nSPS) is 30.2. The first-order valence-electron chi connectivity index (χ1n) is 8.10. The Hall–Kier alpha value is -0.610. The van der Waals surface area contributed by atoms with Crippen LogP contribution in [0.5, 0.6) is 0 Å².